The summed E-state index contributed by atoms with van der Waals surface area (Å²) in [6.45, 7) is 5.45. The number of aromatic nitrogens is 2. The van der Waals surface area contributed by atoms with Crippen molar-refractivity contribution in [2.45, 2.75) is 70.4 Å². The van der Waals surface area contributed by atoms with E-state index in [9.17, 15) is 13.6 Å². The van der Waals surface area contributed by atoms with E-state index >= 15 is 0 Å². The molecular formula is C22H29F2N3O2. The number of carbonyl (C=O) groups is 1. The van der Waals surface area contributed by atoms with Crippen LogP contribution >= 0.6 is 0 Å². The number of ether oxygens (including phenoxy) is 1. The third kappa shape index (κ3) is 5.13. The third-order valence-corrected chi connectivity index (χ3v) is 6.01. The molecule has 2 aromatic rings. The fourth-order valence-electron chi connectivity index (χ4n) is 4.59. The Balaban J connectivity index is 1.31. The fourth-order valence-corrected chi connectivity index (χ4v) is 4.59. The van der Waals surface area contributed by atoms with Crippen LogP contribution in [0.1, 0.15) is 57.3 Å². The number of nitrogens with one attached hydrogen (secondary N) is 2. The molecule has 5 nitrogen and oxygen atoms in total. The number of nitrogens with zero attached hydrogens (tertiary/aromatic N) is 1. The number of amides is 1. The normalized spacial score (nSPS) is 23.7. The Labute approximate surface area is 169 Å². The van der Waals surface area contributed by atoms with Crippen molar-refractivity contribution in [3.05, 3.63) is 29.6 Å². The summed E-state index contributed by atoms with van der Waals surface area (Å²) in [6.07, 6.45) is 2.80. The number of H-pyrrole nitrogens is 1. The number of halogens is 2. The average Bonchev–Trinajstić information content (AvgIpc) is 2.98. The lowest BCUT2D eigenvalue weighted by Crippen LogP contribution is -2.38. The molecule has 7 heteroatoms. The summed E-state index contributed by atoms with van der Waals surface area (Å²) in [5, 5.41) is 2.84. The zero-order valence-corrected chi connectivity index (χ0v) is 17.1. The van der Waals surface area contributed by atoms with E-state index in [0.717, 1.165) is 48.3 Å². The first-order valence-electron chi connectivity index (χ1n) is 10.4. The molecule has 4 rings (SSSR count). The van der Waals surface area contributed by atoms with E-state index in [1.165, 1.54) is 0 Å². The number of alkyl halides is 2. The molecule has 2 fully saturated rings. The number of hydrogen-bond acceptors (Lipinski definition) is 3. The van der Waals surface area contributed by atoms with Gasteiger partial charge in [0.05, 0.1) is 16.6 Å². The highest BCUT2D eigenvalue weighted by molar-refractivity contribution is 5.78. The fraction of sp³-hybridized carbons (Fsp3) is 0.636. The van der Waals surface area contributed by atoms with Gasteiger partial charge in [0.1, 0.15) is 5.82 Å². The molecule has 1 amide bonds. The van der Waals surface area contributed by atoms with Crippen molar-refractivity contribution in [3.8, 4) is 0 Å². The van der Waals surface area contributed by atoms with Crippen LogP contribution in [0.4, 0.5) is 8.78 Å². The van der Waals surface area contributed by atoms with Crippen molar-refractivity contribution in [1.82, 2.24) is 15.3 Å². The highest BCUT2D eigenvalue weighted by Gasteiger charge is 2.45. The van der Waals surface area contributed by atoms with Crippen molar-refractivity contribution in [3.63, 3.8) is 0 Å². The Morgan fingerprint density at radius 3 is 2.79 bits per heavy atom. The van der Waals surface area contributed by atoms with Gasteiger partial charge in [-0.25, -0.2) is 13.8 Å². The summed E-state index contributed by atoms with van der Waals surface area (Å²) < 4.78 is 31.6. The van der Waals surface area contributed by atoms with Gasteiger partial charge in [-0.15, -0.1) is 0 Å². The summed E-state index contributed by atoms with van der Waals surface area (Å²) in [5.74, 6) is -1.41. The quantitative estimate of drug-likeness (QED) is 0.750. The summed E-state index contributed by atoms with van der Waals surface area (Å²) in [6, 6.07) is 5.90. The number of rotatable bonds is 6. The molecule has 1 saturated heterocycles. The molecule has 0 radical (unpaired) electrons. The van der Waals surface area contributed by atoms with Crippen LogP contribution in [0.2, 0.25) is 0 Å². The number of carbonyl (C=O) groups excluding carboxylic acids is 1. The SMILES string of the molecule is CC1(C)CC(Cc2nc3ccc(CNC(=O)CC4CC(F)(F)C4)cc3[nH]2)CCO1. The molecule has 2 aliphatic rings. The van der Waals surface area contributed by atoms with E-state index in [4.69, 9.17) is 9.72 Å². The smallest absolute Gasteiger partial charge is 0.248 e. The van der Waals surface area contributed by atoms with Crippen LogP contribution in [0.25, 0.3) is 11.0 Å². The van der Waals surface area contributed by atoms with Crippen LogP contribution in [-0.4, -0.2) is 34.0 Å². The molecule has 0 spiro atoms. The molecule has 1 atom stereocenters. The van der Waals surface area contributed by atoms with Crippen molar-refractivity contribution in [2.24, 2.45) is 11.8 Å². The second-order valence-corrected chi connectivity index (χ2v) is 9.32. The van der Waals surface area contributed by atoms with Gasteiger partial charge in [-0.1, -0.05) is 6.07 Å². The highest BCUT2D eigenvalue weighted by atomic mass is 19.3. The first kappa shape index (κ1) is 20.3. The van der Waals surface area contributed by atoms with Gasteiger partial charge >= 0.3 is 0 Å². The Kier molecular flexibility index (Phi) is 5.36. The molecule has 1 aliphatic carbocycles. The average molecular weight is 405 g/mol. The summed E-state index contributed by atoms with van der Waals surface area (Å²) >= 11 is 0. The minimum atomic E-state index is -2.57. The molecule has 1 aromatic heterocycles. The Morgan fingerprint density at radius 2 is 2.07 bits per heavy atom. The number of aromatic amines is 1. The zero-order chi connectivity index (χ0) is 20.6. The minimum absolute atomic E-state index is 0.0737. The topological polar surface area (TPSA) is 67.0 Å². The summed E-state index contributed by atoms with van der Waals surface area (Å²) in [7, 11) is 0. The molecule has 2 heterocycles. The van der Waals surface area contributed by atoms with Gasteiger partial charge in [-0.2, -0.15) is 0 Å². The third-order valence-electron chi connectivity index (χ3n) is 6.01. The summed E-state index contributed by atoms with van der Waals surface area (Å²) in [4.78, 5) is 20.1. The Bertz CT molecular complexity index is 885. The number of benzene rings is 1. The molecule has 158 valence electrons. The van der Waals surface area contributed by atoms with Gasteiger partial charge in [0.2, 0.25) is 11.8 Å². The maximum absolute atomic E-state index is 12.9. The van der Waals surface area contributed by atoms with Gasteiger partial charge in [0.25, 0.3) is 0 Å². The standard InChI is InChI=1S/C22H29F2N3O2/c1-21(2)10-14(5-6-29-21)8-19-26-17-4-3-15(7-18(17)27-19)13-25-20(28)9-16-11-22(23,24)12-16/h3-4,7,14,16H,5-6,8-13H2,1-2H3,(H,25,28)(H,26,27). The van der Waals surface area contributed by atoms with Crippen LogP contribution in [-0.2, 0) is 22.5 Å². The van der Waals surface area contributed by atoms with Crippen molar-refractivity contribution >= 4 is 16.9 Å². The van der Waals surface area contributed by atoms with Gasteiger partial charge in [0, 0.05) is 38.8 Å². The van der Waals surface area contributed by atoms with E-state index in [2.05, 4.69) is 24.1 Å². The monoisotopic (exact) mass is 405 g/mol. The second kappa shape index (κ2) is 7.67. The Morgan fingerprint density at radius 1 is 1.28 bits per heavy atom. The van der Waals surface area contributed by atoms with Gasteiger partial charge in [-0.05, 0) is 56.2 Å². The molecule has 0 bridgehead atoms. The number of imidazole rings is 1. The van der Waals surface area contributed by atoms with Crippen molar-refractivity contribution < 1.29 is 18.3 Å². The van der Waals surface area contributed by atoms with Gasteiger partial charge < -0.3 is 15.0 Å². The maximum atomic E-state index is 12.9. The lowest BCUT2D eigenvalue weighted by molar-refractivity contribution is -0.133. The molecule has 1 aliphatic heterocycles. The molecular weight excluding hydrogens is 376 g/mol. The first-order chi connectivity index (χ1) is 13.7. The van der Waals surface area contributed by atoms with Crippen LogP contribution in [0.3, 0.4) is 0 Å². The van der Waals surface area contributed by atoms with Crippen LogP contribution < -0.4 is 5.32 Å². The molecule has 1 unspecified atom stereocenters. The van der Waals surface area contributed by atoms with Crippen LogP contribution in [0.5, 0.6) is 0 Å². The molecule has 1 saturated carbocycles. The van der Waals surface area contributed by atoms with Crippen LogP contribution in [0, 0.1) is 11.8 Å². The van der Waals surface area contributed by atoms with E-state index in [0.29, 0.717) is 12.5 Å². The van der Waals surface area contributed by atoms with Gasteiger partial charge in [-0.3, -0.25) is 4.79 Å². The lowest BCUT2D eigenvalue weighted by Gasteiger charge is -2.35. The highest BCUT2D eigenvalue weighted by Crippen LogP contribution is 2.43. The first-order valence-corrected chi connectivity index (χ1v) is 10.4. The van der Waals surface area contributed by atoms with Crippen LogP contribution in [0.15, 0.2) is 18.2 Å². The van der Waals surface area contributed by atoms with Crippen molar-refractivity contribution in [1.29, 1.82) is 0 Å². The second-order valence-electron chi connectivity index (χ2n) is 9.32. The van der Waals surface area contributed by atoms with Gasteiger partial charge in [0.15, 0.2) is 0 Å². The minimum Gasteiger partial charge on any atom is -0.376 e. The molecule has 2 N–H and O–H groups in total. The number of fused-ring (bicyclic) bond motifs is 1. The molecule has 29 heavy (non-hydrogen) atoms. The molecule has 1 aromatic carbocycles. The van der Waals surface area contributed by atoms with E-state index in [-0.39, 0.29) is 36.7 Å². The Hall–Kier alpha value is -2.02. The predicted octanol–water partition coefficient (Wildman–Crippen LogP) is 4.36. The number of hydrogen-bond donors (Lipinski definition) is 2. The summed E-state index contributed by atoms with van der Waals surface area (Å²) in [5.41, 5.74) is 2.76. The van der Waals surface area contributed by atoms with E-state index in [1.807, 2.05) is 18.2 Å². The lowest BCUT2D eigenvalue weighted by atomic mass is 9.79. The maximum Gasteiger partial charge on any atom is 0.248 e. The van der Waals surface area contributed by atoms with Crippen molar-refractivity contribution in [2.75, 3.05) is 6.61 Å². The zero-order valence-electron chi connectivity index (χ0n) is 17.1. The van der Waals surface area contributed by atoms with E-state index < -0.39 is 5.92 Å². The predicted molar refractivity (Wildman–Crippen MR) is 107 cm³/mol. The van der Waals surface area contributed by atoms with E-state index in [1.54, 1.807) is 0 Å². The largest absolute Gasteiger partial charge is 0.376 e.